The molecule has 1 aromatic heterocycles. The highest BCUT2D eigenvalue weighted by molar-refractivity contribution is 7.99. The van der Waals surface area contributed by atoms with E-state index in [1.165, 1.54) is 36.6 Å². The number of carbonyl (C=O) groups is 1. The van der Waals surface area contributed by atoms with Crippen LogP contribution in [0, 0.1) is 0 Å². The van der Waals surface area contributed by atoms with Crippen LogP contribution in [0.3, 0.4) is 0 Å². The van der Waals surface area contributed by atoms with Crippen molar-refractivity contribution in [2.24, 2.45) is 0 Å². The van der Waals surface area contributed by atoms with Gasteiger partial charge in [0, 0.05) is 30.6 Å². The first kappa shape index (κ1) is 22.7. The normalized spacial score (nSPS) is 18.9. The molecule has 2 fully saturated rings. The van der Waals surface area contributed by atoms with Gasteiger partial charge in [-0.3, -0.25) is 14.2 Å². The fourth-order valence-corrected chi connectivity index (χ4v) is 6.95. The number of nitrogens with zero attached hydrogens (tertiary/aromatic N) is 3. The molecule has 0 radical (unpaired) electrons. The van der Waals surface area contributed by atoms with Crippen molar-refractivity contribution in [1.29, 1.82) is 0 Å². The Morgan fingerprint density at radius 1 is 1.09 bits per heavy atom. The third kappa shape index (κ3) is 4.27. The summed E-state index contributed by atoms with van der Waals surface area (Å²) in [5.41, 5.74) is 4.30. The molecule has 0 unspecified atom stereocenters. The van der Waals surface area contributed by atoms with Crippen molar-refractivity contribution in [2.45, 2.75) is 88.2 Å². The summed E-state index contributed by atoms with van der Waals surface area (Å²) in [4.78, 5) is 34.1. The second-order valence-electron chi connectivity index (χ2n) is 9.98. The van der Waals surface area contributed by atoms with E-state index in [4.69, 9.17) is 4.98 Å². The van der Waals surface area contributed by atoms with Gasteiger partial charge in [-0.05, 0) is 50.5 Å². The number of amides is 1. The van der Waals surface area contributed by atoms with E-state index in [0.717, 1.165) is 74.9 Å². The highest BCUT2D eigenvalue weighted by Gasteiger charge is 2.44. The SMILES string of the molecule is CCCCn1c(SCC(=O)N2CCCCC2)nc2c(c1=O)C1(CCCC1)Cc1ccccc1-2. The summed E-state index contributed by atoms with van der Waals surface area (Å²) in [5.74, 6) is 0.519. The maximum Gasteiger partial charge on any atom is 0.258 e. The summed E-state index contributed by atoms with van der Waals surface area (Å²) in [7, 11) is 0. The molecule has 1 spiro atoms. The highest BCUT2D eigenvalue weighted by atomic mass is 32.2. The van der Waals surface area contributed by atoms with E-state index in [1.807, 2.05) is 15.5 Å². The number of fused-ring (bicyclic) bond motifs is 4. The molecule has 5 rings (SSSR count). The number of hydrogen-bond acceptors (Lipinski definition) is 4. The van der Waals surface area contributed by atoms with Crippen molar-refractivity contribution < 1.29 is 4.79 Å². The second kappa shape index (κ2) is 9.65. The van der Waals surface area contributed by atoms with E-state index in [1.54, 1.807) is 0 Å². The summed E-state index contributed by atoms with van der Waals surface area (Å²) in [5, 5.41) is 0.711. The molecule has 1 aliphatic heterocycles. The Kier molecular flexibility index (Phi) is 6.64. The van der Waals surface area contributed by atoms with Crippen LogP contribution in [0.5, 0.6) is 0 Å². The van der Waals surface area contributed by atoms with Crippen molar-refractivity contribution in [3.63, 3.8) is 0 Å². The van der Waals surface area contributed by atoms with Crippen LogP contribution in [0.4, 0.5) is 0 Å². The fourth-order valence-electron chi connectivity index (χ4n) is 6.03. The zero-order valence-electron chi connectivity index (χ0n) is 19.8. The standard InChI is InChI=1S/C27H35N3O2S/c1-2-3-17-30-25(32)23-24(28-26(30)33-19-22(31)29-15-9-4-10-16-29)21-12-6-5-11-20(21)18-27(23)13-7-8-14-27/h5-6,11-12H,2-4,7-10,13-19H2,1H3. The summed E-state index contributed by atoms with van der Waals surface area (Å²) in [6.07, 6.45) is 10.8. The predicted octanol–water partition coefficient (Wildman–Crippen LogP) is 5.18. The smallest absolute Gasteiger partial charge is 0.258 e. The van der Waals surface area contributed by atoms with E-state index in [0.29, 0.717) is 17.5 Å². The first-order valence-electron chi connectivity index (χ1n) is 12.8. The minimum absolute atomic E-state index is 0.0748. The van der Waals surface area contributed by atoms with Gasteiger partial charge in [-0.25, -0.2) is 4.98 Å². The third-order valence-electron chi connectivity index (χ3n) is 7.80. The molecule has 5 nitrogen and oxygen atoms in total. The molecule has 2 heterocycles. The Morgan fingerprint density at radius 2 is 1.85 bits per heavy atom. The van der Waals surface area contributed by atoms with Crippen molar-refractivity contribution in [1.82, 2.24) is 14.5 Å². The van der Waals surface area contributed by atoms with Crippen molar-refractivity contribution >= 4 is 17.7 Å². The number of thioether (sulfide) groups is 1. The van der Waals surface area contributed by atoms with Gasteiger partial charge in [0.1, 0.15) is 0 Å². The monoisotopic (exact) mass is 465 g/mol. The lowest BCUT2D eigenvalue weighted by Gasteiger charge is -2.36. The van der Waals surface area contributed by atoms with Gasteiger partial charge in [-0.15, -0.1) is 0 Å². The average Bonchev–Trinajstić information content (AvgIpc) is 3.30. The van der Waals surface area contributed by atoms with Gasteiger partial charge in [-0.1, -0.05) is 62.2 Å². The second-order valence-corrected chi connectivity index (χ2v) is 10.9. The van der Waals surface area contributed by atoms with Gasteiger partial charge >= 0.3 is 0 Å². The number of benzene rings is 1. The maximum atomic E-state index is 14.1. The molecular formula is C27H35N3O2S. The van der Waals surface area contributed by atoms with Crippen LogP contribution in [0.15, 0.2) is 34.2 Å². The molecule has 0 N–H and O–H groups in total. The summed E-state index contributed by atoms with van der Waals surface area (Å²) in [6, 6.07) is 8.47. The molecule has 0 atom stereocenters. The molecule has 176 valence electrons. The molecule has 33 heavy (non-hydrogen) atoms. The van der Waals surface area contributed by atoms with Gasteiger partial charge in [0.15, 0.2) is 5.16 Å². The largest absolute Gasteiger partial charge is 0.342 e. The Morgan fingerprint density at radius 3 is 2.61 bits per heavy atom. The van der Waals surface area contributed by atoms with Crippen LogP contribution in [-0.4, -0.2) is 39.2 Å². The van der Waals surface area contributed by atoms with Gasteiger partial charge in [0.25, 0.3) is 5.56 Å². The van der Waals surface area contributed by atoms with Gasteiger partial charge in [-0.2, -0.15) is 0 Å². The summed E-state index contributed by atoms with van der Waals surface area (Å²) in [6.45, 7) is 4.54. The third-order valence-corrected chi connectivity index (χ3v) is 8.76. The number of unbranched alkanes of at least 4 members (excludes halogenated alkanes) is 1. The molecule has 0 bridgehead atoms. The number of carbonyl (C=O) groups excluding carboxylic acids is 1. The summed E-state index contributed by atoms with van der Waals surface area (Å²) < 4.78 is 1.89. The molecule has 6 heteroatoms. The first-order chi connectivity index (χ1) is 16.1. The highest BCUT2D eigenvalue weighted by Crippen LogP contribution is 2.49. The van der Waals surface area contributed by atoms with Crippen LogP contribution in [0.2, 0.25) is 0 Å². The lowest BCUT2D eigenvalue weighted by Crippen LogP contribution is -2.40. The zero-order valence-corrected chi connectivity index (χ0v) is 20.6. The molecule has 1 saturated heterocycles. The zero-order chi connectivity index (χ0) is 22.8. The summed E-state index contributed by atoms with van der Waals surface area (Å²) >= 11 is 1.45. The van der Waals surface area contributed by atoms with Crippen molar-refractivity contribution in [3.8, 4) is 11.3 Å². The topological polar surface area (TPSA) is 55.2 Å². The van der Waals surface area contributed by atoms with E-state index < -0.39 is 0 Å². The first-order valence-corrected chi connectivity index (χ1v) is 13.8. The number of aromatic nitrogens is 2. The van der Waals surface area contributed by atoms with E-state index >= 15 is 0 Å². The van der Waals surface area contributed by atoms with E-state index in [2.05, 4.69) is 25.1 Å². The molecule has 2 aliphatic carbocycles. The minimum Gasteiger partial charge on any atom is -0.342 e. The number of hydrogen-bond donors (Lipinski definition) is 0. The van der Waals surface area contributed by atoms with Gasteiger partial charge in [0.2, 0.25) is 5.91 Å². The van der Waals surface area contributed by atoms with Gasteiger partial charge < -0.3 is 4.90 Å². The van der Waals surface area contributed by atoms with Crippen LogP contribution >= 0.6 is 11.8 Å². The molecule has 1 saturated carbocycles. The molecule has 1 amide bonds. The Balaban J connectivity index is 1.56. The van der Waals surface area contributed by atoms with E-state index in [-0.39, 0.29) is 16.9 Å². The molecular weight excluding hydrogens is 430 g/mol. The Hall–Kier alpha value is -2.08. The lowest BCUT2D eigenvalue weighted by atomic mass is 9.68. The predicted molar refractivity (Wildman–Crippen MR) is 134 cm³/mol. The van der Waals surface area contributed by atoms with E-state index in [9.17, 15) is 9.59 Å². The molecule has 1 aromatic carbocycles. The quantitative estimate of drug-likeness (QED) is 0.436. The van der Waals surface area contributed by atoms with Crippen molar-refractivity contribution in [3.05, 3.63) is 45.7 Å². The van der Waals surface area contributed by atoms with Crippen LogP contribution < -0.4 is 5.56 Å². The Bertz CT molecular complexity index is 1080. The maximum absolute atomic E-state index is 14.1. The van der Waals surface area contributed by atoms with Crippen LogP contribution in [0.1, 0.15) is 75.8 Å². The van der Waals surface area contributed by atoms with Gasteiger partial charge in [0.05, 0.1) is 17.0 Å². The molecule has 2 aromatic rings. The van der Waals surface area contributed by atoms with Crippen LogP contribution in [-0.2, 0) is 23.2 Å². The van der Waals surface area contributed by atoms with Crippen LogP contribution in [0.25, 0.3) is 11.3 Å². The number of rotatable bonds is 6. The van der Waals surface area contributed by atoms with Crippen molar-refractivity contribution in [2.75, 3.05) is 18.8 Å². The Labute approximate surface area is 201 Å². The molecule has 3 aliphatic rings. The number of likely N-dealkylation sites (tertiary alicyclic amines) is 1. The average molecular weight is 466 g/mol. The minimum atomic E-state index is -0.0748. The lowest BCUT2D eigenvalue weighted by molar-refractivity contribution is -0.129. The number of piperidine rings is 1. The fraction of sp³-hybridized carbons (Fsp3) is 0.593.